The number of rotatable bonds is 6. The van der Waals surface area contributed by atoms with Crippen LogP contribution in [0.2, 0.25) is 0 Å². The Hall–Kier alpha value is -3.30. The van der Waals surface area contributed by atoms with Crippen molar-refractivity contribution in [2.75, 3.05) is 26.3 Å². The van der Waals surface area contributed by atoms with E-state index in [2.05, 4.69) is 27.0 Å². The number of carboxylic acid groups (broad SMARTS) is 2. The summed E-state index contributed by atoms with van der Waals surface area (Å²) in [6, 6.07) is 10.2. The Morgan fingerprint density at radius 2 is 1.65 bits per heavy atom. The largest absolute Gasteiger partial charge is 0.490 e. The normalized spacial score (nSPS) is 21.1. The van der Waals surface area contributed by atoms with Crippen LogP contribution in [0.15, 0.2) is 48.9 Å². The van der Waals surface area contributed by atoms with Gasteiger partial charge in [-0.1, -0.05) is 6.07 Å². The van der Waals surface area contributed by atoms with Gasteiger partial charge in [0, 0.05) is 50.2 Å². The minimum Gasteiger partial charge on any atom is -0.475 e. The summed E-state index contributed by atoms with van der Waals surface area (Å²) in [5.74, 6) is -5.51. The maximum atomic E-state index is 10.6. The van der Waals surface area contributed by atoms with Gasteiger partial charge in [-0.25, -0.2) is 9.59 Å². The molecule has 2 unspecified atom stereocenters. The predicted molar refractivity (Wildman–Crippen MR) is 127 cm³/mol. The molecule has 15 heteroatoms. The zero-order chi connectivity index (χ0) is 29.8. The number of hydrogen-bond acceptors (Lipinski definition) is 7. The highest BCUT2D eigenvalue weighted by Crippen LogP contribution is 2.41. The molecule has 2 fully saturated rings. The molecule has 0 aliphatic carbocycles. The van der Waals surface area contributed by atoms with Crippen LogP contribution in [-0.4, -0.2) is 81.8 Å². The molecule has 2 saturated heterocycles. The lowest BCUT2D eigenvalue weighted by molar-refractivity contribution is -0.193. The molecule has 4 rings (SSSR count). The average Bonchev–Trinajstić information content (AvgIpc) is 2.89. The molecule has 2 aromatic heterocycles. The second-order valence-electron chi connectivity index (χ2n) is 9.10. The van der Waals surface area contributed by atoms with Gasteiger partial charge in [0.25, 0.3) is 0 Å². The Bertz CT molecular complexity index is 1030. The van der Waals surface area contributed by atoms with Gasteiger partial charge < -0.3 is 19.7 Å². The average molecular weight is 582 g/mol. The van der Waals surface area contributed by atoms with Gasteiger partial charge in [0.2, 0.25) is 0 Å². The van der Waals surface area contributed by atoms with Crippen LogP contribution >= 0.6 is 0 Å². The van der Waals surface area contributed by atoms with E-state index in [-0.39, 0.29) is 5.41 Å². The molecule has 2 aliphatic heterocycles. The predicted octanol–water partition coefficient (Wildman–Crippen LogP) is 4.33. The molecule has 0 amide bonds. The zero-order valence-electron chi connectivity index (χ0n) is 21.2. The van der Waals surface area contributed by atoms with Crippen LogP contribution in [0.25, 0.3) is 0 Å². The number of nitrogens with zero attached hydrogens (tertiary/aromatic N) is 3. The van der Waals surface area contributed by atoms with E-state index < -0.39 is 24.3 Å². The van der Waals surface area contributed by atoms with E-state index in [4.69, 9.17) is 29.3 Å². The first-order chi connectivity index (χ1) is 18.7. The third-order valence-corrected chi connectivity index (χ3v) is 6.07. The van der Waals surface area contributed by atoms with Crippen LogP contribution in [-0.2, 0) is 32.2 Å². The summed E-state index contributed by atoms with van der Waals surface area (Å²) in [5.41, 5.74) is 2.40. The quantitative estimate of drug-likeness (QED) is 0.480. The number of fused-ring (bicyclic) bond motifs is 1. The summed E-state index contributed by atoms with van der Waals surface area (Å²) in [4.78, 5) is 28.9. The van der Waals surface area contributed by atoms with E-state index in [9.17, 15) is 26.3 Å². The number of ether oxygens (including phenoxy) is 2. The van der Waals surface area contributed by atoms with Gasteiger partial charge in [-0.15, -0.1) is 0 Å². The van der Waals surface area contributed by atoms with E-state index in [0.717, 1.165) is 51.4 Å². The van der Waals surface area contributed by atoms with E-state index in [0.29, 0.717) is 12.7 Å². The van der Waals surface area contributed by atoms with Crippen LogP contribution in [0.4, 0.5) is 26.3 Å². The van der Waals surface area contributed by atoms with Gasteiger partial charge in [0.15, 0.2) is 0 Å². The van der Waals surface area contributed by atoms with E-state index in [1.165, 1.54) is 12.0 Å². The van der Waals surface area contributed by atoms with Crippen molar-refractivity contribution in [3.8, 4) is 0 Å². The maximum absolute atomic E-state index is 10.6. The Kier molecular flexibility index (Phi) is 12.3. The fraction of sp³-hybridized carbons (Fsp3) is 0.520. The van der Waals surface area contributed by atoms with Crippen molar-refractivity contribution in [1.29, 1.82) is 0 Å². The van der Waals surface area contributed by atoms with Gasteiger partial charge in [-0.2, -0.15) is 26.3 Å². The minimum absolute atomic E-state index is 0.0955. The molecular formula is C25H29F6N3O6. The first kappa shape index (κ1) is 32.9. The molecule has 2 aliphatic rings. The van der Waals surface area contributed by atoms with Crippen LogP contribution in [0.5, 0.6) is 0 Å². The van der Waals surface area contributed by atoms with E-state index >= 15 is 0 Å². The number of likely N-dealkylation sites (tertiary alicyclic amines) is 1. The molecule has 9 nitrogen and oxygen atoms in total. The second-order valence-corrected chi connectivity index (χ2v) is 9.10. The highest BCUT2D eigenvalue weighted by Gasteiger charge is 2.46. The number of pyridine rings is 2. The van der Waals surface area contributed by atoms with Crippen molar-refractivity contribution in [3.63, 3.8) is 0 Å². The van der Waals surface area contributed by atoms with Crippen molar-refractivity contribution in [2.45, 2.75) is 50.9 Å². The molecule has 2 N–H and O–H groups in total. The molecule has 4 heterocycles. The highest BCUT2D eigenvalue weighted by molar-refractivity contribution is 5.73. The number of aromatic nitrogens is 2. The van der Waals surface area contributed by atoms with Crippen LogP contribution in [0.3, 0.4) is 0 Å². The van der Waals surface area contributed by atoms with Gasteiger partial charge in [-0.3, -0.25) is 14.9 Å². The standard InChI is InChI=1S/C21H27N3O2.2C2HF3O2/c1-2-9-23-19(4-1)14-24-12-7-20-21(16-24,8-3-13-26-20)17-25-15-18-5-10-22-11-6-18;2*3-2(4,5)1(6)7/h1-2,4-6,9-11,20H,3,7-8,12-17H2;2*(H,6,7). The van der Waals surface area contributed by atoms with Gasteiger partial charge in [0.05, 0.1) is 25.0 Å². The van der Waals surface area contributed by atoms with Gasteiger partial charge in [0.1, 0.15) is 0 Å². The number of halogens is 6. The first-order valence-corrected chi connectivity index (χ1v) is 12.0. The smallest absolute Gasteiger partial charge is 0.475 e. The van der Waals surface area contributed by atoms with E-state index in [1.807, 2.05) is 36.8 Å². The topological polar surface area (TPSA) is 122 Å². The summed E-state index contributed by atoms with van der Waals surface area (Å²) in [6.07, 6.45) is -0.977. The lowest BCUT2D eigenvalue weighted by Gasteiger charge is -2.50. The second kappa shape index (κ2) is 14.9. The highest BCUT2D eigenvalue weighted by atomic mass is 19.4. The van der Waals surface area contributed by atoms with Crippen molar-refractivity contribution in [3.05, 3.63) is 60.2 Å². The summed E-state index contributed by atoms with van der Waals surface area (Å²) in [6.45, 7) is 5.25. The Balaban J connectivity index is 0.000000333. The van der Waals surface area contributed by atoms with Crippen molar-refractivity contribution in [1.82, 2.24) is 14.9 Å². The lowest BCUT2D eigenvalue weighted by atomic mass is 9.73. The fourth-order valence-electron chi connectivity index (χ4n) is 4.30. The molecule has 2 atom stereocenters. The number of alkyl halides is 6. The van der Waals surface area contributed by atoms with Crippen molar-refractivity contribution >= 4 is 11.9 Å². The van der Waals surface area contributed by atoms with E-state index in [1.54, 1.807) is 0 Å². The van der Waals surface area contributed by atoms with Crippen molar-refractivity contribution in [2.24, 2.45) is 5.41 Å². The molecule has 2 aromatic rings. The summed E-state index contributed by atoms with van der Waals surface area (Å²) < 4.78 is 75.8. The molecule has 40 heavy (non-hydrogen) atoms. The SMILES string of the molecule is O=C(O)C(F)(F)F.O=C(O)C(F)(F)F.c1ccc(CN2CCC3OCCCC3(COCc3ccncc3)C2)nc1. The summed E-state index contributed by atoms with van der Waals surface area (Å²) in [5, 5.41) is 14.2. The first-order valence-electron chi connectivity index (χ1n) is 12.0. The number of hydrogen-bond donors (Lipinski definition) is 2. The van der Waals surface area contributed by atoms with Crippen LogP contribution in [0, 0.1) is 5.41 Å². The van der Waals surface area contributed by atoms with Crippen LogP contribution in [0.1, 0.15) is 30.5 Å². The molecule has 0 radical (unpaired) electrons. The fourth-order valence-corrected chi connectivity index (χ4v) is 4.30. The molecule has 0 saturated carbocycles. The Morgan fingerprint density at radius 3 is 2.20 bits per heavy atom. The third-order valence-electron chi connectivity index (χ3n) is 6.07. The van der Waals surface area contributed by atoms with Gasteiger partial charge >= 0.3 is 24.3 Å². The zero-order valence-corrected chi connectivity index (χ0v) is 21.2. The van der Waals surface area contributed by atoms with Gasteiger partial charge in [-0.05, 0) is 49.1 Å². The number of carbonyl (C=O) groups is 2. The lowest BCUT2D eigenvalue weighted by Crippen LogP contribution is -2.56. The minimum atomic E-state index is -5.08. The third kappa shape index (κ3) is 11.1. The Morgan fingerprint density at radius 1 is 1.02 bits per heavy atom. The summed E-state index contributed by atoms with van der Waals surface area (Å²) in [7, 11) is 0. The molecule has 0 spiro atoms. The molecule has 0 aromatic carbocycles. The maximum Gasteiger partial charge on any atom is 0.490 e. The van der Waals surface area contributed by atoms with Crippen molar-refractivity contribution < 1.29 is 55.6 Å². The molecular weight excluding hydrogens is 552 g/mol. The Labute approximate surface area is 225 Å². The van der Waals surface area contributed by atoms with Crippen LogP contribution < -0.4 is 0 Å². The number of aliphatic carboxylic acids is 2. The molecule has 222 valence electrons. The summed E-state index contributed by atoms with van der Waals surface area (Å²) >= 11 is 0. The monoisotopic (exact) mass is 581 g/mol. The molecule has 0 bridgehead atoms. The number of carboxylic acids is 2. The number of piperidine rings is 1.